The molecule has 32 heavy (non-hydrogen) atoms. The molecule has 0 aliphatic rings. The first-order valence-electron chi connectivity index (χ1n) is 9.97. The molecule has 0 unspecified atom stereocenters. The van der Waals surface area contributed by atoms with Crippen LogP contribution in [-0.2, 0) is 12.8 Å². The van der Waals surface area contributed by atoms with Gasteiger partial charge in [0, 0.05) is 45.1 Å². The van der Waals surface area contributed by atoms with Crippen molar-refractivity contribution in [3.05, 3.63) is 81.0 Å². The van der Waals surface area contributed by atoms with E-state index < -0.39 is 0 Å². The maximum absolute atomic E-state index is 6.32. The van der Waals surface area contributed by atoms with Crippen molar-refractivity contribution in [2.45, 2.75) is 17.8 Å². The molecule has 0 spiro atoms. The molecule has 8 heteroatoms. The summed E-state index contributed by atoms with van der Waals surface area (Å²) >= 11 is 11.3. The van der Waals surface area contributed by atoms with Gasteiger partial charge in [0.2, 0.25) is 0 Å². The summed E-state index contributed by atoms with van der Waals surface area (Å²) in [5.74, 6) is 1.60. The summed E-state index contributed by atoms with van der Waals surface area (Å²) in [6.07, 6.45) is 0. The molecular weight excluding hydrogens is 476 g/mol. The topological polar surface area (TPSA) is 43.6 Å². The van der Waals surface area contributed by atoms with Crippen molar-refractivity contribution >= 4 is 46.0 Å². The number of nitrogens with zero attached hydrogens (tertiary/aromatic N) is 4. The van der Waals surface area contributed by atoms with Crippen LogP contribution in [0.5, 0.6) is 0 Å². The molecule has 4 nitrogen and oxygen atoms in total. The smallest absolute Gasteiger partial charge is 0.191 e. The van der Waals surface area contributed by atoms with Crippen molar-refractivity contribution in [1.29, 1.82) is 0 Å². The Labute approximate surface area is 204 Å². The highest BCUT2D eigenvalue weighted by atomic mass is 35.5. The highest BCUT2D eigenvalue weighted by molar-refractivity contribution is 7.98. The Morgan fingerprint density at radius 3 is 2.53 bits per heavy atom. The van der Waals surface area contributed by atoms with Crippen molar-refractivity contribution in [2.75, 3.05) is 0 Å². The van der Waals surface area contributed by atoms with E-state index in [-0.39, 0.29) is 0 Å². The van der Waals surface area contributed by atoms with Crippen molar-refractivity contribution in [2.24, 2.45) is 7.05 Å². The Kier molecular flexibility index (Phi) is 6.15. The summed E-state index contributed by atoms with van der Waals surface area (Å²) in [5, 5.41) is 15.8. The van der Waals surface area contributed by atoms with Gasteiger partial charge in [-0.05, 0) is 18.6 Å². The van der Waals surface area contributed by atoms with E-state index in [1.807, 2.05) is 37.4 Å². The molecule has 0 N–H and O–H groups in total. The maximum Gasteiger partial charge on any atom is 0.191 e. The number of hydrogen-bond acceptors (Lipinski definition) is 6. The summed E-state index contributed by atoms with van der Waals surface area (Å²) < 4.78 is 2.07. The molecule has 0 fully saturated rings. The van der Waals surface area contributed by atoms with E-state index >= 15 is 0 Å². The summed E-state index contributed by atoms with van der Waals surface area (Å²) in [5.41, 5.74) is 5.53. The molecule has 3 heterocycles. The largest absolute Gasteiger partial charge is 0.305 e. The SMILES string of the molecule is Cc1scc(-c2nnc(SCc3csc(-c4ccccc4Cl)n3)n2C)c1-c1ccccc1. The fourth-order valence-corrected chi connectivity index (χ4v) is 6.44. The lowest BCUT2D eigenvalue weighted by molar-refractivity contribution is 0.794. The van der Waals surface area contributed by atoms with Crippen LogP contribution < -0.4 is 0 Å². The summed E-state index contributed by atoms with van der Waals surface area (Å²) in [6.45, 7) is 2.15. The maximum atomic E-state index is 6.32. The van der Waals surface area contributed by atoms with Gasteiger partial charge in [0.25, 0.3) is 0 Å². The van der Waals surface area contributed by atoms with Crippen LogP contribution in [0.4, 0.5) is 0 Å². The van der Waals surface area contributed by atoms with Gasteiger partial charge in [-0.25, -0.2) is 4.98 Å². The number of thioether (sulfide) groups is 1. The van der Waals surface area contributed by atoms with Crippen LogP contribution in [0.15, 0.2) is 70.5 Å². The molecule has 2 aromatic carbocycles. The van der Waals surface area contributed by atoms with Crippen LogP contribution in [-0.4, -0.2) is 19.7 Å². The Bertz CT molecular complexity index is 1370. The molecule has 0 bridgehead atoms. The minimum Gasteiger partial charge on any atom is -0.305 e. The van der Waals surface area contributed by atoms with Crippen LogP contribution in [0.25, 0.3) is 33.1 Å². The number of rotatable bonds is 6. The molecule has 0 aliphatic carbocycles. The number of hydrogen-bond donors (Lipinski definition) is 0. The van der Waals surface area contributed by atoms with E-state index in [1.54, 1.807) is 34.4 Å². The van der Waals surface area contributed by atoms with Gasteiger partial charge in [0.1, 0.15) is 5.01 Å². The van der Waals surface area contributed by atoms with Gasteiger partial charge in [0.05, 0.1) is 10.7 Å². The van der Waals surface area contributed by atoms with Crippen molar-refractivity contribution < 1.29 is 0 Å². The average molecular weight is 495 g/mol. The van der Waals surface area contributed by atoms with Gasteiger partial charge in [-0.3, -0.25) is 0 Å². The Morgan fingerprint density at radius 2 is 1.72 bits per heavy atom. The number of halogens is 1. The lowest BCUT2D eigenvalue weighted by atomic mass is 10.0. The first kappa shape index (κ1) is 21.4. The van der Waals surface area contributed by atoms with E-state index in [2.05, 4.69) is 56.7 Å². The van der Waals surface area contributed by atoms with Gasteiger partial charge in [-0.15, -0.1) is 32.9 Å². The predicted octanol–water partition coefficient (Wildman–Crippen LogP) is 7.59. The molecule has 160 valence electrons. The molecular formula is C24H19ClN4S3. The number of thiazole rings is 1. The minimum absolute atomic E-state index is 0.722. The zero-order chi connectivity index (χ0) is 22.1. The van der Waals surface area contributed by atoms with Gasteiger partial charge in [-0.2, -0.15) is 0 Å². The van der Waals surface area contributed by atoms with Gasteiger partial charge < -0.3 is 4.57 Å². The number of aryl methyl sites for hydroxylation is 1. The predicted molar refractivity (Wildman–Crippen MR) is 137 cm³/mol. The number of aromatic nitrogens is 4. The number of thiophene rings is 1. The van der Waals surface area contributed by atoms with Crippen LogP contribution in [0.3, 0.4) is 0 Å². The molecule has 0 saturated carbocycles. The zero-order valence-corrected chi connectivity index (χ0v) is 20.7. The summed E-state index contributed by atoms with van der Waals surface area (Å²) in [6, 6.07) is 18.3. The summed E-state index contributed by atoms with van der Waals surface area (Å²) in [4.78, 5) is 6.04. The lowest BCUT2D eigenvalue weighted by Crippen LogP contribution is -1.96. The second kappa shape index (κ2) is 9.19. The molecule has 0 atom stereocenters. The van der Waals surface area contributed by atoms with E-state index in [0.29, 0.717) is 0 Å². The molecule has 0 radical (unpaired) electrons. The molecule has 0 saturated heterocycles. The quantitative estimate of drug-likeness (QED) is 0.228. The van der Waals surface area contributed by atoms with E-state index in [9.17, 15) is 0 Å². The Hall–Kier alpha value is -2.45. The van der Waals surface area contributed by atoms with E-state index in [0.717, 1.165) is 43.6 Å². The highest BCUT2D eigenvalue weighted by Gasteiger charge is 2.19. The van der Waals surface area contributed by atoms with Crippen molar-refractivity contribution in [3.63, 3.8) is 0 Å². The fraction of sp³-hybridized carbons (Fsp3) is 0.125. The minimum atomic E-state index is 0.722. The van der Waals surface area contributed by atoms with Crippen molar-refractivity contribution in [1.82, 2.24) is 19.7 Å². The molecule has 0 amide bonds. The van der Waals surface area contributed by atoms with E-state index in [4.69, 9.17) is 16.6 Å². The summed E-state index contributed by atoms with van der Waals surface area (Å²) in [7, 11) is 2.02. The first-order valence-corrected chi connectivity index (χ1v) is 13.1. The van der Waals surface area contributed by atoms with E-state index in [1.165, 1.54) is 16.0 Å². The third-order valence-electron chi connectivity index (χ3n) is 5.12. The standard InChI is InChI=1S/C24H19ClN4S3/c1-15-21(16-8-4-3-5-9-16)19(14-30-15)22-27-28-24(29(22)2)32-13-17-12-31-23(26-17)18-10-6-7-11-20(18)25/h3-12,14H,13H2,1-2H3. The molecule has 3 aromatic heterocycles. The third-order valence-corrected chi connectivity index (χ3v) is 8.34. The zero-order valence-electron chi connectivity index (χ0n) is 17.4. The monoisotopic (exact) mass is 494 g/mol. The Morgan fingerprint density at radius 1 is 0.938 bits per heavy atom. The highest BCUT2D eigenvalue weighted by Crippen LogP contribution is 2.39. The molecule has 0 aliphatic heterocycles. The Balaban J connectivity index is 1.37. The molecule has 5 aromatic rings. The lowest BCUT2D eigenvalue weighted by Gasteiger charge is -2.07. The second-order valence-corrected chi connectivity index (χ2v) is 10.5. The second-order valence-electron chi connectivity index (χ2n) is 7.22. The average Bonchev–Trinajstić information content (AvgIpc) is 3.52. The van der Waals surface area contributed by atoms with Gasteiger partial charge in [0.15, 0.2) is 11.0 Å². The van der Waals surface area contributed by atoms with Crippen LogP contribution >= 0.6 is 46.0 Å². The first-order chi connectivity index (χ1) is 15.6. The third kappa shape index (κ3) is 4.13. The number of benzene rings is 2. The van der Waals surface area contributed by atoms with Gasteiger partial charge in [-0.1, -0.05) is 71.9 Å². The van der Waals surface area contributed by atoms with Gasteiger partial charge >= 0.3 is 0 Å². The van der Waals surface area contributed by atoms with Crippen molar-refractivity contribution in [3.8, 4) is 33.1 Å². The normalized spacial score (nSPS) is 11.2. The van der Waals surface area contributed by atoms with Crippen LogP contribution in [0.1, 0.15) is 10.6 Å². The molecule has 5 rings (SSSR count). The van der Waals surface area contributed by atoms with Crippen LogP contribution in [0, 0.1) is 6.92 Å². The fourth-order valence-electron chi connectivity index (χ4n) is 3.53. The van der Waals surface area contributed by atoms with Crippen LogP contribution in [0.2, 0.25) is 5.02 Å².